The molecular weight excluding hydrogens is 917 g/mol. The van der Waals surface area contributed by atoms with Crippen LogP contribution in [0.1, 0.15) is 170 Å². The van der Waals surface area contributed by atoms with E-state index in [2.05, 4.69) is 104 Å². The zero-order valence-corrected chi connectivity index (χ0v) is 47.5. The van der Waals surface area contributed by atoms with Crippen molar-refractivity contribution in [3.8, 4) is 0 Å². The van der Waals surface area contributed by atoms with Crippen molar-refractivity contribution in [1.82, 2.24) is 0 Å². The highest BCUT2D eigenvalue weighted by molar-refractivity contribution is 7.47. The molecule has 1 unspecified atom stereocenters. The maximum Gasteiger partial charge on any atom is 0.472 e. The highest BCUT2D eigenvalue weighted by Crippen LogP contribution is 2.45. The number of carbonyl (C=O) groups is 1. The second kappa shape index (κ2) is 33.9. The molecule has 1 N–H and O–H groups in total. The average molecular weight is 1010 g/mol. The number of hydrogen-bond acceptors (Lipinski definition) is 9. The van der Waals surface area contributed by atoms with Gasteiger partial charge in [0.15, 0.2) is 16.6 Å². The van der Waals surface area contributed by atoms with Crippen LogP contribution >= 0.6 is 31.0 Å². The van der Waals surface area contributed by atoms with E-state index in [0.717, 1.165) is 30.5 Å². The molecule has 0 aliphatic carbocycles. The Balaban J connectivity index is 2.77. The lowest BCUT2D eigenvalue weighted by atomic mass is 10.0. The monoisotopic (exact) mass is 1010 g/mol. The molecule has 65 heavy (non-hydrogen) atoms. The minimum Gasteiger partial charge on any atom is -0.457 e. The summed E-state index contributed by atoms with van der Waals surface area (Å²) in [4.78, 5) is 26.2. The smallest absolute Gasteiger partial charge is 0.457 e. The fourth-order valence-corrected chi connectivity index (χ4v) is 10.4. The largest absolute Gasteiger partial charge is 0.472 e. The molecule has 0 saturated carbocycles. The number of rotatable bonds is 40. The molecule has 0 heterocycles. The zero-order chi connectivity index (χ0) is 48.8. The molecule has 15 heteroatoms. The van der Waals surface area contributed by atoms with E-state index in [4.69, 9.17) is 50.6 Å². The average Bonchev–Trinajstić information content (AvgIpc) is 3.22. The molecule has 0 aromatic heterocycles. The van der Waals surface area contributed by atoms with Gasteiger partial charge in [0.1, 0.15) is 6.10 Å². The third-order valence-corrected chi connectivity index (χ3v) is 23.5. The van der Waals surface area contributed by atoms with Gasteiger partial charge in [0.25, 0.3) is 0 Å². The maximum atomic E-state index is 13.4. The van der Waals surface area contributed by atoms with Crippen LogP contribution in [0.3, 0.4) is 0 Å². The van der Waals surface area contributed by atoms with E-state index in [9.17, 15) is 14.3 Å². The zero-order valence-electron chi connectivity index (χ0n) is 43.1. The minimum atomic E-state index is -4.58. The van der Waals surface area contributed by atoms with Gasteiger partial charge < -0.3 is 28.1 Å². The number of ether oxygens (including phenoxy) is 2. The van der Waals surface area contributed by atoms with Gasteiger partial charge in [-0.1, -0.05) is 157 Å². The second-order valence-electron chi connectivity index (χ2n) is 21.0. The van der Waals surface area contributed by atoms with Gasteiger partial charge in [-0.05, 0) is 73.2 Å². The maximum absolute atomic E-state index is 13.4. The number of phosphoric ester groups is 1. The van der Waals surface area contributed by atoms with Crippen LogP contribution in [-0.4, -0.2) is 97.6 Å². The fourth-order valence-electron chi connectivity index (χ4n) is 6.83. The molecule has 0 aliphatic rings. The van der Waals surface area contributed by atoms with Gasteiger partial charge in [-0.25, -0.2) is 4.57 Å². The van der Waals surface area contributed by atoms with Crippen LogP contribution in [0.25, 0.3) is 0 Å². The molecule has 0 saturated heterocycles. The number of nitrogens with zero attached hydrogens (tertiary/aromatic N) is 1. The lowest BCUT2D eigenvalue weighted by Crippen LogP contribution is -2.49. The molecule has 1 aromatic rings. The summed E-state index contributed by atoms with van der Waals surface area (Å²) >= 11 is 12.0. The Kier molecular flexibility index (Phi) is 32.6. The predicted molar refractivity (Wildman–Crippen MR) is 280 cm³/mol. The Morgan fingerprint density at radius 3 is 1.58 bits per heavy atom. The summed E-state index contributed by atoms with van der Waals surface area (Å²) in [6, 6.07) is 8.21. The van der Waals surface area contributed by atoms with E-state index in [0.29, 0.717) is 44.3 Å². The van der Waals surface area contributed by atoms with Crippen LogP contribution in [0.2, 0.25) is 36.3 Å². The lowest BCUT2D eigenvalue weighted by molar-refractivity contribution is -0.154. The molecule has 0 spiro atoms. The lowest BCUT2D eigenvalue weighted by Gasteiger charge is -2.41. The summed E-state index contributed by atoms with van der Waals surface area (Å²) in [5.41, 5.74) is 2.16. The minimum absolute atomic E-state index is 0.0199. The number of carbonyl (C=O) groups excluding carboxylic acids is 1. The van der Waals surface area contributed by atoms with Gasteiger partial charge in [-0.2, -0.15) is 0 Å². The number of benzene rings is 1. The summed E-state index contributed by atoms with van der Waals surface area (Å²) in [6.07, 6.45) is 20.6. The topological polar surface area (TPSA) is 113 Å². The first-order valence-corrected chi connectivity index (χ1v) is 33.6. The summed E-state index contributed by atoms with van der Waals surface area (Å²) in [5, 5.41) is -0.111. The summed E-state index contributed by atoms with van der Waals surface area (Å²) in [7, 11) is -9.02. The Hall–Kier alpha value is -0.506. The second-order valence-corrected chi connectivity index (χ2v) is 32.8. The number of hydrogen-bond donors (Lipinski definition) is 1. The Morgan fingerprint density at radius 2 is 1.12 bits per heavy atom. The highest BCUT2D eigenvalue weighted by atomic mass is 35.5. The molecule has 1 rings (SSSR count). The van der Waals surface area contributed by atoms with E-state index in [1.54, 1.807) is 0 Å². The molecule has 0 amide bonds. The molecule has 382 valence electrons. The van der Waals surface area contributed by atoms with Crippen molar-refractivity contribution in [3.63, 3.8) is 0 Å². The normalized spacial score (nSPS) is 14.6. The number of aryl methyl sites for hydroxylation is 1. The number of phosphoric acid groups is 1. The van der Waals surface area contributed by atoms with E-state index in [1.165, 1.54) is 83.5 Å². The SMILES string of the molecule is CCCCCCCCCCCCCCCCCCOC[C@H](COP(=O)(O)OC[C@H](CO[Si](C)(C)C(C)(C)C)O[Si](C)(C)C(C)(C)C)OC(=O)CCCc1ccc(N(CCCl)CCCl)cc1. The van der Waals surface area contributed by atoms with Crippen LogP contribution in [0.4, 0.5) is 5.69 Å². The Morgan fingerprint density at radius 1 is 0.662 bits per heavy atom. The Bertz CT molecular complexity index is 1410. The highest BCUT2D eigenvalue weighted by Gasteiger charge is 2.42. The molecule has 0 bridgehead atoms. The first-order valence-electron chi connectivity index (χ1n) is 25.2. The molecule has 3 atom stereocenters. The van der Waals surface area contributed by atoms with Crippen LogP contribution in [0.5, 0.6) is 0 Å². The van der Waals surface area contributed by atoms with Crippen molar-refractivity contribution in [3.05, 3.63) is 29.8 Å². The van der Waals surface area contributed by atoms with Gasteiger partial charge in [0.2, 0.25) is 0 Å². The fraction of sp³-hybridized carbons (Fsp3) is 0.860. The van der Waals surface area contributed by atoms with Gasteiger partial charge in [-0.15, -0.1) is 23.2 Å². The van der Waals surface area contributed by atoms with Crippen molar-refractivity contribution < 1.29 is 41.6 Å². The van der Waals surface area contributed by atoms with Gasteiger partial charge in [-0.3, -0.25) is 13.8 Å². The van der Waals surface area contributed by atoms with E-state index in [-0.39, 0.29) is 42.9 Å². The molecule has 10 nitrogen and oxygen atoms in total. The van der Waals surface area contributed by atoms with Crippen molar-refractivity contribution in [1.29, 1.82) is 0 Å². The summed E-state index contributed by atoms with van der Waals surface area (Å²) < 4.78 is 49.4. The summed E-state index contributed by atoms with van der Waals surface area (Å²) in [6.45, 7) is 25.5. The van der Waals surface area contributed by atoms with E-state index >= 15 is 0 Å². The summed E-state index contributed by atoms with van der Waals surface area (Å²) in [5.74, 6) is 0.608. The van der Waals surface area contributed by atoms with Crippen LogP contribution < -0.4 is 4.90 Å². The van der Waals surface area contributed by atoms with E-state index in [1.807, 2.05) is 0 Å². The number of halogens is 2. The van der Waals surface area contributed by atoms with E-state index < -0.39 is 42.6 Å². The Labute approximate surface area is 410 Å². The van der Waals surface area contributed by atoms with Gasteiger partial charge >= 0.3 is 13.8 Å². The number of alkyl halides is 2. The molecule has 0 fully saturated rings. The first-order chi connectivity index (χ1) is 30.6. The molecular formula is C50H96Cl2NO9PSi2. The quantitative estimate of drug-likeness (QED) is 0.0224. The standard InChI is InChI=1S/C50H96Cl2NO9PSi2/c1-12-13-14-15-16-17-18-19-20-21-22-23-24-25-26-27-39-57-40-46(61-48(54)30-28-29-44-31-33-45(34-32-44)53(37-35-51)38-36-52)41-58-63(55,56)59-42-47(62-65(10,11)50(5,6)7)43-60-64(8,9)49(2,3)4/h31-34,46-47H,12-30,35-43H2,1-11H3,(H,55,56)/t46-,47-/m1/s1. The van der Waals surface area contributed by atoms with Crippen LogP contribution in [0.15, 0.2) is 24.3 Å². The van der Waals surface area contributed by atoms with Gasteiger partial charge in [0, 0.05) is 43.6 Å². The predicted octanol–water partition coefficient (Wildman–Crippen LogP) is 15.0. The number of unbranched alkanes of at least 4 members (excludes halogenated alkanes) is 15. The number of anilines is 1. The van der Waals surface area contributed by atoms with Crippen molar-refractivity contribution >= 4 is 59.3 Å². The van der Waals surface area contributed by atoms with Crippen molar-refractivity contribution in [2.45, 2.75) is 219 Å². The molecule has 1 aromatic carbocycles. The van der Waals surface area contributed by atoms with Crippen LogP contribution in [-0.2, 0) is 43.2 Å². The molecule has 0 aliphatic heterocycles. The van der Waals surface area contributed by atoms with Crippen molar-refractivity contribution in [2.75, 3.05) is 62.8 Å². The van der Waals surface area contributed by atoms with Gasteiger partial charge in [0.05, 0.1) is 32.5 Å². The molecule has 0 radical (unpaired) electrons. The van der Waals surface area contributed by atoms with Crippen LogP contribution in [0, 0.1) is 0 Å². The first kappa shape index (κ1) is 62.5. The third kappa shape index (κ3) is 29.3. The van der Waals surface area contributed by atoms with Crippen molar-refractivity contribution in [2.24, 2.45) is 0 Å². The third-order valence-electron chi connectivity index (χ3n) is 13.2. The number of esters is 1.